The van der Waals surface area contributed by atoms with Gasteiger partial charge in [-0.2, -0.15) is 0 Å². The Hall–Kier alpha value is -1.56. The molecule has 0 amide bonds. The Bertz CT molecular complexity index is 1260. The lowest BCUT2D eigenvalue weighted by atomic mass is 9.44. The minimum atomic E-state index is -0.990. The van der Waals surface area contributed by atoms with E-state index in [1.807, 2.05) is 0 Å². The maximum absolute atomic E-state index is 14.9. The van der Waals surface area contributed by atoms with Crippen molar-refractivity contribution in [2.75, 3.05) is 6.61 Å². The summed E-state index contributed by atoms with van der Waals surface area (Å²) in [6, 6.07) is 0. The second-order valence-electron chi connectivity index (χ2n) is 14.4. The van der Waals surface area contributed by atoms with E-state index >= 15 is 0 Å². The fourth-order valence-corrected chi connectivity index (χ4v) is 10.5. The summed E-state index contributed by atoms with van der Waals surface area (Å²) in [5, 5.41) is 10.3. The Morgan fingerprint density at radius 1 is 1.09 bits per heavy atom. The normalized spacial score (nSPS) is 51.5. The van der Waals surface area contributed by atoms with Crippen LogP contribution in [0.15, 0.2) is 33.9 Å². The Kier molecular flexibility index (Phi) is 3.46. The van der Waals surface area contributed by atoms with E-state index in [1.165, 1.54) is 5.57 Å². The average Bonchev–Trinajstić information content (AvgIpc) is 3.36. The van der Waals surface area contributed by atoms with Gasteiger partial charge in [-0.3, -0.25) is 9.59 Å². The number of carbonyl (C=O) groups is 2. The lowest BCUT2D eigenvalue weighted by Crippen LogP contribution is -2.68. The van der Waals surface area contributed by atoms with Crippen LogP contribution in [0.2, 0.25) is 0 Å². The third-order valence-corrected chi connectivity index (χ3v) is 12.0. The van der Waals surface area contributed by atoms with Crippen molar-refractivity contribution < 1.29 is 24.2 Å². The molecule has 0 aromatic rings. The van der Waals surface area contributed by atoms with E-state index in [-0.39, 0.29) is 46.3 Å². The number of carbonyl (C=O) groups excluding carboxylic acids is 2. The van der Waals surface area contributed by atoms with Gasteiger partial charge in [-0.1, -0.05) is 32.4 Å². The Labute approximate surface area is 207 Å². The summed E-state index contributed by atoms with van der Waals surface area (Å²) >= 11 is 0. The summed E-state index contributed by atoms with van der Waals surface area (Å²) in [5.41, 5.74) is 2.69. The molecule has 186 valence electrons. The van der Waals surface area contributed by atoms with Gasteiger partial charge in [0.25, 0.3) is 0 Å². The van der Waals surface area contributed by atoms with Crippen molar-refractivity contribution in [3.8, 4) is 0 Å². The van der Waals surface area contributed by atoms with Gasteiger partial charge in [0, 0.05) is 35.0 Å². The quantitative estimate of drug-likeness (QED) is 0.561. The summed E-state index contributed by atoms with van der Waals surface area (Å²) in [6.07, 6.45) is 7.21. The first kappa shape index (κ1) is 21.5. The Balaban J connectivity index is 1.38. The summed E-state index contributed by atoms with van der Waals surface area (Å²) in [5.74, 6) is 0.266. The molecule has 7 atom stereocenters. The van der Waals surface area contributed by atoms with E-state index in [0.717, 1.165) is 41.6 Å². The van der Waals surface area contributed by atoms with Gasteiger partial charge in [-0.15, -0.1) is 0 Å². The van der Waals surface area contributed by atoms with Crippen molar-refractivity contribution in [1.82, 2.24) is 0 Å². The van der Waals surface area contributed by atoms with Crippen LogP contribution >= 0.6 is 0 Å². The molecule has 0 aromatic carbocycles. The van der Waals surface area contributed by atoms with E-state index < -0.39 is 22.9 Å². The minimum absolute atomic E-state index is 0.00974. The second kappa shape index (κ2) is 5.63. The van der Waals surface area contributed by atoms with Gasteiger partial charge in [0.05, 0.1) is 11.0 Å². The third-order valence-electron chi connectivity index (χ3n) is 12.0. The Morgan fingerprint density at radius 2 is 1.83 bits per heavy atom. The third kappa shape index (κ3) is 2.01. The van der Waals surface area contributed by atoms with Gasteiger partial charge in [-0.25, -0.2) is 0 Å². The van der Waals surface area contributed by atoms with Crippen LogP contribution in [-0.4, -0.2) is 40.8 Å². The molecule has 2 aliphatic heterocycles. The number of rotatable bonds is 1. The molecule has 4 fully saturated rings. The van der Waals surface area contributed by atoms with Crippen LogP contribution in [0.25, 0.3) is 0 Å². The summed E-state index contributed by atoms with van der Waals surface area (Å²) < 4.78 is 14.0. The molecule has 5 nitrogen and oxygen atoms in total. The molecule has 0 aromatic heterocycles. The zero-order valence-corrected chi connectivity index (χ0v) is 21.5. The van der Waals surface area contributed by atoms with Gasteiger partial charge >= 0.3 is 0 Å². The van der Waals surface area contributed by atoms with Crippen molar-refractivity contribution in [3.63, 3.8) is 0 Å². The highest BCUT2D eigenvalue weighted by molar-refractivity contribution is 6.12. The zero-order chi connectivity index (χ0) is 24.6. The van der Waals surface area contributed by atoms with Gasteiger partial charge in [0.2, 0.25) is 0 Å². The van der Waals surface area contributed by atoms with Crippen molar-refractivity contribution in [1.29, 1.82) is 0 Å². The van der Waals surface area contributed by atoms with Gasteiger partial charge in [0.15, 0.2) is 23.5 Å². The predicted molar refractivity (Wildman–Crippen MR) is 128 cm³/mol. The fraction of sp³-hybridized carbons (Fsp3) is 0.733. The van der Waals surface area contributed by atoms with Crippen LogP contribution in [0.1, 0.15) is 79.6 Å². The molecule has 6 aliphatic carbocycles. The SMILES string of the molecule is CC1=C2C[C@@](C)(CO)C[C@@]23O[C@@H]2O[C@@]4(C)C5=C(CC[C@](C3=O)([C@@H]52)C12CC2)C(=O)C1=CC(C)(C)C[C@H]14. The van der Waals surface area contributed by atoms with E-state index in [9.17, 15) is 14.7 Å². The standard InChI is InChI=1S/C30H36O5/c1-15-18-12-26(4,14-31)13-30(18)24(33)29(28(15)8-9-28)7-6-16-20-21(29)23(35-30)34-27(20,5)19-11-25(2,3)10-17(19)22(16)32/h10,19,21,23,31H,6-9,11-14H2,1-5H3/t19-,21+,23+,26-,27-,29-,30-/m1/s1. The fourth-order valence-electron chi connectivity index (χ4n) is 10.5. The lowest BCUT2D eigenvalue weighted by molar-refractivity contribution is -0.267. The number of fused-ring (bicyclic) bond motifs is 2. The van der Waals surface area contributed by atoms with Crippen LogP contribution in [0.4, 0.5) is 0 Å². The number of aliphatic hydroxyl groups excluding tert-OH is 1. The van der Waals surface area contributed by atoms with E-state index in [1.54, 1.807) is 0 Å². The summed E-state index contributed by atoms with van der Waals surface area (Å²) in [7, 11) is 0. The zero-order valence-electron chi connectivity index (χ0n) is 21.5. The molecular formula is C30H36O5. The highest BCUT2D eigenvalue weighted by atomic mass is 16.7. The molecule has 2 heterocycles. The molecule has 0 radical (unpaired) electrons. The maximum atomic E-state index is 14.9. The van der Waals surface area contributed by atoms with Gasteiger partial charge < -0.3 is 14.6 Å². The predicted octanol–water partition coefficient (Wildman–Crippen LogP) is 4.59. The lowest BCUT2D eigenvalue weighted by Gasteiger charge is -2.60. The van der Waals surface area contributed by atoms with Gasteiger partial charge in [-0.05, 0) is 80.8 Å². The molecule has 8 aliphatic rings. The van der Waals surface area contributed by atoms with Crippen molar-refractivity contribution in [2.24, 2.45) is 33.5 Å². The molecule has 8 rings (SSSR count). The average molecular weight is 477 g/mol. The highest BCUT2D eigenvalue weighted by Gasteiger charge is 2.83. The summed E-state index contributed by atoms with van der Waals surface area (Å²) in [6.45, 7) is 11.0. The topological polar surface area (TPSA) is 72.8 Å². The largest absolute Gasteiger partial charge is 0.396 e. The van der Waals surface area contributed by atoms with Crippen LogP contribution in [0.3, 0.4) is 0 Å². The molecule has 2 saturated heterocycles. The molecule has 2 saturated carbocycles. The number of Topliss-reactive ketones (excluding diaryl/α,β-unsaturated/α-hetero) is 2. The van der Waals surface area contributed by atoms with E-state index in [4.69, 9.17) is 9.47 Å². The van der Waals surface area contributed by atoms with Crippen LogP contribution in [0.5, 0.6) is 0 Å². The maximum Gasteiger partial charge on any atom is 0.185 e. The van der Waals surface area contributed by atoms with Crippen LogP contribution < -0.4 is 0 Å². The van der Waals surface area contributed by atoms with Crippen LogP contribution in [-0.2, 0) is 19.1 Å². The smallest absolute Gasteiger partial charge is 0.185 e. The number of hydrogen-bond donors (Lipinski definition) is 1. The molecule has 0 unspecified atom stereocenters. The van der Waals surface area contributed by atoms with Gasteiger partial charge in [0.1, 0.15) is 0 Å². The Morgan fingerprint density at radius 3 is 2.51 bits per heavy atom. The number of ketones is 2. The molecule has 1 N–H and O–H groups in total. The number of ether oxygens (including phenoxy) is 2. The molecule has 3 spiro atoms. The number of allylic oxidation sites excluding steroid dienone is 3. The number of aliphatic hydroxyl groups is 1. The van der Waals surface area contributed by atoms with Crippen molar-refractivity contribution >= 4 is 11.6 Å². The molecular weight excluding hydrogens is 440 g/mol. The molecule has 35 heavy (non-hydrogen) atoms. The first-order chi connectivity index (χ1) is 16.4. The van der Waals surface area contributed by atoms with Crippen LogP contribution in [0, 0.1) is 33.5 Å². The minimum Gasteiger partial charge on any atom is -0.396 e. The number of hydrogen-bond acceptors (Lipinski definition) is 5. The highest BCUT2D eigenvalue weighted by Crippen LogP contribution is 2.81. The second-order valence-corrected chi connectivity index (χ2v) is 14.4. The first-order valence-corrected chi connectivity index (χ1v) is 13.6. The molecule has 5 heteroatoms. The first-order valence-electron chi connectivity index (χ1n) is 13.6. The molecule has 2 bridgehead atoms. The monoisotopic (exact) mass is 476 g/mol. The van der Waals surface area contributed by atoms with E-state index in [2.05, 4.69) is 40.7 Å². The summed E-state index contributed by atoms with van der Waals surface area (Å²) in [4.78, 5) is 28.8. The van der Waals surface area contributed by atoms with Crippen molar-refractivity contribution in [3.05, 3.63) is 33.9 Å². The van der Waals surface area contributed by atoms with E-state index in [0.29, 0.717) is 25.7 Å². The van der Waals surface area contributed by atoms with Crippen molar-refractivity contribution in [2.45, 2.75) is 97.1 Å².